The van der Waals surface area contributed by atoms with E-state index in [0.29, 0.717) is 16.3 Å². The van der Waals surface area contributed by atoms with Gasteiger partial charge >= 0.3 is 0 Å². The molecule has 2 unspecified atom stereocenters. The number of benzene rings is 2. The molecule has 2 aromatic carbocycles. The standard InChI is InChI=1S/C20H20N2O3S2/c1-2-17(15-9-4-3-5-10-15)21-20(23)16-11-6-7-12-18(16)22(27(24)25)19-13-8-14-26-19/h3-14,17H,2H2,1H3,(H,21,23)(H,24,25)/p-1. The molecule has 140 valence electrons. The van der Waals surface area contributed by atoms with Gasteiger partial charge in [-0.2, -0.15) is 0 Å². The van der Waals surface area contributed by atoms with Gasteiger partial charge in [0, 0.05) is 0 Å². The third-order valence-corrected chi connectivity index (χ3v) is 5.80. The average Bonchev–Trinajstić information content (AvgIpc) is 3.21. The molecule has 0 fully saturated rings. The highest BCUT2D eigenvalue weighted by atomic mass is 32.2. The number of thiophene rings is 1. The zero-order valence-electron chi connectivity index (χ0n) is 14.7. The summed E-state index contributed by atoms with van der Waals surface area (Å²) in [6.45, 7) is 1.99. The number of rotatable bonds is 7. The minimum atomic E-state index is -2.55. The summed E-state index contributed by atoms with van der Waals surface area (Å²) in [6, 6.07) is 19.7. The minimum absolute atomic E-state index is 0.153. The van der Waals surface area contributed by atoms with Crippen molar-refractivity contribution in [1.29, 1.82) is 0 Å². The van der Waals surface area contributed by atoms with Gasteiger partial charge in [0.1, 0.15) is 5.00 Å². The normalized spacial score (nSPS) is 13.0. The molecule has 1 amide bonds. The van der Waals surface area contributed by atoms with Gasteiger partial charge in [0.2, 0.25) is 0 Å². The molecule has 1 heterocycles. The first-order valence-corrected chi connectivity index (χ1v) is 10.4. The van der Waals surface area contributed by atoms with Crippen LogP contribution in [0.4, 0.5) is 10.7 Å². The molecule has 1 aromatic heterocycles. The van der Waals surface area contributed by atoms with Crippen LogP contribution in [0.1, 0.15) is 35.3 Å². The van der Waals surface area contributed by atoms with Gasteiger partial charge in [-0.1, -0.05) is 49.4 Å². The zero-order valence-corrected chi connectivity index (χ0v) is 16.3. The van der Waals surface area contributed by atoms with Crippen molar-refractivity contribution < 1.29 is 13.6 Å². The van der Waals surface area contributed by atoms with Crippen LogP contribution in [0.5, 0.6) is 0 Å². The van der Waals surface area contributed by atoms with E-state index in [1.807, 2.05) is 37.3 Å². The molecule has 0 aliphatic heterocycles. The van der Waals surface area contributed by atoms with Gasteiger partial charge in [-0.05, 0) is 41.6 Å². The quantitative estimate of drug-likeness (QED) is 0.592. The summed E-state index contributed by atoms with van der Waals surface area (Å²) < 4.78 is 24.9. The number of carbonyl (C=O) groups is 1. The first-order chi connectivity index (χ1) is 13.1. The maximum absolute atomic E-state index is 13.0. The molecule has 0 saturated heterocycles. The van der Waals surface area contributed by atoms with Gasteiger partial charge in [-0.15, -0.1) is 11.3 Å². The Labute approximate surface area is 165 Å². The van der Waals surface area contributed by atoms with Crippen molar-refractivity contribution in [3.8, 4) is 0 Å². The van der Waals surface area contributed by atoms with Crippen LogP contribution in [0.15, 0.2) is 72.1 Å². The van der Waals surface area contributed by atoms with Crippen molar-refractivity contribution in [2.24, 2.45) is 0 Å². The van der Waals surface area contributed by atoms with Gasteiger partial charge in [-0.25, -0.2) is 0 Å². The maximum atomic E-state index is 13.0. The number of hydrogen-bond acceptors (Lipinski definition) is 4. The lowest BCUT2D eigenvalue weighted by Gasteiger charge is -2.27. The van der Waals surface area contributed by atoms with E-state index in [9.17, 15) is 13.6 Å². The van der Waals surface area contributed by atoms with Gasteiger partial charge in [0.25, 0.3) is 5.91 Å². The van der Waals surface area contributed by atoms with E-state index in [0.717, 1.165) is 16.3 Å². The zero-order chi connectivity index (χ0) is 19.2. The van der Waals surface area contributed by atoms with Crippen molar-refractivity contribution in [3.05, 3.63) is 83.2 Å². The molecule has 0 radical (unpaired) electrons. The lowest BCUT2D eigenvalue weighted by atomic mass is 10.0. The van der Waals surface area contributed by atoms with Crippen LogP contribution >= 0.6 is 11.3 Å². The summed E-state index contributed by atoms with van der Waals surface area (Å²) in [5, 5.41) is 5.33. The Morgan fingerprint density at radius 1 is 1.11 bits per heavy atom. The van der Waals surface area contributed by atoms with Crippen LogP contribution < -0.4 is 9.62 Å². The summed E-state index contributed by atoms with van der Waals surface area (Å²) in [4.78, 5) is 13.0. The fourth-order valence-electron chi connectivity index (χ4n) is 2.84. The molecule has 2 atom stereocenters. The number of para-hydroxylation sites is 1. The van der Waals surface area contributed by atoms with E-state index < -0.39 is 11.3 Å². The molecule has 0 saturated carbocycles. The van der Waals surface area contributed by atoms with Gasteiger partial charge < -0.3 is 9.87 Å². The van der Waals surface area contributed by atoms with Crippen molar-refractivity contribution >= 4 is 39.2 Å². The number of amides is 1. The van der Waals surface area contributed by atoms with Gasteiger partial charge in [0.05, 0.1) is 28.6 Å². The highest BCUT2D eigenvalue weighted by molar-refractivity contribution is 7.81. The van der Waals surface area contributed by atoms with Crippen molar-refractivity contribution in [2.75, 3.05) is 4.31 Å². The second-order valence-electron chi connectivity index (χ2n) is 5.82. The summed E-state index contributed by atoms with van der Waals surface area (Å²) in [7, 11) is 0. The van der Waals surface area contributed by atoms with E-state index in [1.165, 1.54) is 11.3 Å². The monoisotopic (exact) mass is 399 g/mol. The summed E-state index contributed by atoms with van der Waals surface area (Å²) in [6.07, 6.45) is 0.722. The first-order valence-electron chi connectivity index (χ1n) is 8.49. The third kappa shape index (κ3) is 4.44. The van der Waals surface area contributed by atoms with Crippen LogP contribution in [0.2, 0.25) is 0 Å². The molecule has 3 rings (SSSR count). The van der Waals surface area contributed by atoms with E-state index in [-0.39, 0.29) is 11.9 Å². The van der Waals surface area contributed by atoms with Crippen molar-refractivity contribution in [2.45, 2.75) is 19.4 Å². The summed E-state index contributed by atoms with van der Waals surface area (Å²) >= 11 is -1.26. The third-order valence-electron chi connectivity index (χ3n) is 4.14. The fourth-order valence-corrected chi connectivity index (χ4v) is 4.33. The number of anilines is 2. The Morgan fingerprint density at radius 3 is 2.44 bits per heavy atom. The highest BCUT2D eigenvalue weighted by Gasteiger charge is 2.21. The van der Waals surface area contributed by atoms with Crippen molar-refractivity contribution in [1.82, 2.24) is 5.32 Å². The van der Waals surface area contributed by atoms with Gasteiger partial charge in [-0.3, -0.25) is 13.3 Å². The van der Waals surface area contributed by atoms with E-state index in [1.54, 1.807) is 41.8 Å². The molecular weight excluding hydrogens is 380 g/mol. The lowest BCUT2D eigenvalue weighted by Crippen LogP contribution is -2.30. The molecule has 0 bridgehead atoms. The van der Waals surface area contributed by atoms with Crippen LogP contribution in [-0.4, -0.2) is 14.7 Å². The minimum Gasteiger partial charge on any atom is -0.755 e. The second kappa shape index (κ2) is 8.94. The number of hydrogen-bond donors (Lipinski definition) is 1. The van der Waals surface area contributed by atoms with Crippen LogP contribution in [0.3, 0.4) is 0 Å². The highest BCUT2D eigenvalue weighted by Crippen LogP contribution is 2.33. The Balaban J connectivity index is 1.93. The van der Waals surface area contributed by atoms with Crippen LogP contribution in [0.25, 0.3) is 0 Å². The molecule has 3 aromatic rings. The molecular formula is C20H19N2O3S2-. The SMILES string of the molecule is CCC(NC(=O)c1ccccc1N(c1cccs1)S(=O)[O-])c1ccccc1. The first kappa shape index (κ1) is 19.3. The van der Waals surface area contributed by atoms with Gasteiger partial charge in [0.15, 0.2) is 0 Å². The summed E-state index contributed by atoms with van der Waals surface area (Å²) in [5.74, 6) is -0.312. The second-order valence-corrected chi connectivity index (χ2v) is 7.55. The molecule has 1 N–H and O–H groups in total. The molecule has 27 heavy (non-hydrogen) atoms. The number of nitrogens with one attached hydrogen (secondary N) is 1. The molecule has 7 heteroatoms. The van der Waals surface area contributed by atoms with E-state index >= 15 is 0 Å². The molecule has 0 aliphatic carbocycles. The maximum Gasteiger partial charge on any atom is 0.253 e. The van der Waals surface area contributed by atoms with Crippen molar-refractivity contribution in [3.63, 3.8) is 0 Å². The van der Waals surface area contributed by atoms with E-state index in [4.69, 9.17) is 0 Å². The molecule has 5 nitrogen and oxygen atoms in total. The fraction of sp³-hybridized carbons (Fsp3) is 0.150. The Hall–Kier alpha value is -2.48. The smallest absolute Gasteiger partial charge is 0.253 e. The Morgan fingerprint density at radius 2 is 1.81 bits per heavy atom. The molecule has 0 aliphatic rings. The van der Waals surface area contributed by atoms with Crippen LogP contribution in [-0.2, 0) is 11.3 Å². The Bertz CT molecular complexity index is 914. The summed E-state index contributed by atoms with van der Waals surface area (Å²) in [5.41, 5.74) is 1.64. The predicted molar refractivity (Wildman–Crippen MR) is 109 cm³/mol. The topological polar surface area (TPSA) is 72.5 Å². The van der Waals surface area contributed by atoms with Crippen LogP contribution in [0, 0.1) is 0 Å². The average molecular weight is 400 g/mol. The largest absolute Gasteiger partial charge is 0.755 e. The number of nitrogens with zero attached hydrogens (tertiary/aromatic N) is 1. The molecule has 0 spiro atoms. The Kier molecular flexibility index (Phi) is 6.39. The number of carbonyl (C=O) groups excluding carboxylic acids is 1. The van der Waals surface area contributed by atoms with E-state index in [2.05, 4.69) is 5.32 Å². The predicted octanol–water partition coefficient (Wildman–Crippen LogP) is 4.56. The lowest BCUT2D eigenvalue weighted by molar-refractivity contribution is 0.0936.